The SMILES string of the molecule is CCOC(=O)C(O)CCCCC1CCN(C(=O)OCc2ccccc2)CC1. The monoisotopic (exact) mass is 377 g/mol. The summed E-state index contributed by atoms with van der Waals surface area (Å²) in [6.45, 7) is 3.78. The largest absolute Gasteiger partial charge is 0.464 e. The molecule has 1 saturated heterocycles. The lowest BCUT2D eigenvalue weighted by Gasteiger charge is -2.31. The van der Waals surface area contributed by atoms with E-state index in [-0.39, 0.29) is 6.09 Å². The fourth-order valence-corrected chi connectivity index (χ4v) is 3.34. The zero-order chi connectivity index (χ0) is 19.5. The summed E-state index contributed by atoms with van der Waals surface area (Å²) in [6, 6.07) is 9.69. The highest BCUT2D eigenvalue weighted by atomic mass is 16.6. The number of carbonyl (C=O) groups excluding carboxylic acids is 2. The van der Waals surface area contributed by atoms with Crippen molar-refractivity contribution in [2.24, 2.45) is 5.92 Å². The van der Waals surface area contributed by atoms with E-state index in [1.54, 1.807) is 11.8 Å². The maximum absolute atomic E-state index is 12.2. The molecule has 2 rings (SSSR count). The molecule has 1 atom stereocenters. The number of carbonyl (C=O) groups is 2. The third-order valence-electron chi connectivity index (χ3n) is 4.98. The Morgan fingerprint density at radius 1 is 1.15 bits per heavy atom. The molecule has 0 spiro atoms. The van der Waals surface area contributed by atoms with Crippen LogP contribution in [0.15, 0.2) is 30.3 Å². The Morgan fingerprint density at radius 2 is 1.85 bits per heavy atom. The Kier molecular flexibility index (Phi) is 9.11. The summed E-state index contributed by atoms with van der Waals surface area (Å²) in [5, 5.41) is 9.68. The van der Waals surface area contributed by atoms with Gasteiger partial charge >= 0.3 is 12.1 Å². The zero-order valence-corrected chi connectivity index (χ0v) is 16.1. The number of benzene rings is 1. The molecule has 1 aliphatic rings. The first-order chi connectivity index (χ1) is 13.1. The molecule has 1 aromatic rings. The number of esters is 1. The maximum Gasteiger partial charge on any atom is 0.410 e. The van der Waals surface area contributed by atoms with Gasteiger partial charge in [-0.05, 0) is 37.7 Å². The van der Waals surface area contributed by atoms with E-state index < -0.39 is 12.1 Å². The molecule has 1 fully saturated rings. The Bertz CT molecular complexity index is 569. The number of aliphatic hydroxyl groups excluding tert-OH is 1. The molecular weight excluding hydrogens is 346 g/mol. The normalized spacial score (nSPS) is 16.0. The van der Waals surface area contributed by atoms with E-state index in [1.165, 1.54) is 0 Å². The Hall–Kier alpha value is -2.08. The molecule has 0 bridgehead atoms. The van der Waals surface area contributed by atoms with Gasteiger partial charge in [-0.1, -0.05) is 49.6 Å². The highest BCUT2D eigenvalue weighted by Gasteiger charge is 2.23. The van der Waals surface area contributed by atoms with Crippen molar-refractivity contribution < 1.29 is 24.2 Å². The van der Waals surface area contributed by atoms with Crippen LogP contribution in [-0.4, -0.2) is 47.9 Å². The van der Waals surface area contributed by atoms with Gasteiger partial charge in [0.2, 0.25) is 0 Å². The third-order valence-corrected chi connectivity index (χ3v) is 4.98. The lowest BCUT2D eigenvalue weighted by Crippen LogP contribution is -2.38. The molecule has 1 N–H and O–H groups in total. The van der Waals surface area contributed by atoms with Gasteiger partial charge in [-0.25, -0.2) is 9.59 Å². The third kappa shape index (κ3) is 7.59. The summed E-state index contributed by atoms with van der Waals surface area (Å²) in [7, 11) is 0. The van der Waals surface area contributed by atoms with Crippen LogP contribution in [0.2, 0.25) is 0 Å². The van der Waals surface area contributed by atoms with Crippen LogP contribution in [-0.2, 0) is 20.9 Å². The van der Waals surface area contributed by atoms with Crippen molar-refractivity contribution in [1.82, 2.24) is 4.90 Å². The predicted molar refractivity (Wildman–Crippen MR) is 102 cm³/mol. The second-order valence-corrected chi connectivity index (χ2v) is 7.02. The van der Waals surface area contributed by atoms with Gasteiger partial charge in [-0.3, -0.25) is 0 Å². The van der Waals surface area contributed by atoms with E-state index in [0.29, 0.717) is 25.6 Å². The van der Waals surface area contributed by atoms with Crippen molar-refractivity contribution in [3.63, 3.8) is 0 Å². The van der Waals surface area contributed by atoms with E-state index in [0.717, 1.165) is 50.8 Å². The molecule has 1 aromatic carbocycles. The number of hydrogen-bond acceptors (Lipinski definition) is 5. The quantitative estimate of drug-likeness (QED) is 0.526. The fourth-order valence-electron chi connectivity index (χ4n) is 3.34. The number of unbranched alkanes of at least 4 members (excludes halogenated alkanes) is 1. The number of aliphatic hydroxyl groups is 1. The Balaban J connectivity index is 1.57. The minimum Gasteiger partial charge on any atom is -0.464 e. The smallest absolute Gasteiger partial charge is 0.410 e. The first kappa shape index (κ1) is 21.2. The molecule has 0 aromatic heterocycles. The summed E-state index contributed by atoms with van der Waals surface area (Å²) in [5.74, 6) is 0.0581. The predicted octanol–water partition coefficient (Wildman–Crippen LogP) is 3.52. The highest BCUT2D eigenvalue weighted by molar-refractivity contribution is 5.74. The molecule has 6 heteroatoms. The molecule has 6 nitrogen and oxygen atoms in total. The number of ether oxygens (including phenoxy) is 2. The van der Waals surface area contributed by atoms with Gasteiger partial charge in [-0.15, -0.1) is 0 Å². The molecule has 0 aliphatic carbocycles. The average Bonchev–Trinajstić information content (AvgIpc) is 2.70. The number of hydrogen-bond donors (Lipinski definition) is 1. The molecule has 1 unspecified atom stereocenters. The molecule has 0 radical (unpaired) electrons. The summed E-state index contributed by atoms with van der Waals surface area (Å²) >= 11 is 0. The Labute approximate surface area is 161 Å². The van der Waals surface area contributed by atoms with E-state index in [9.17, 15) is 14.7 Å². The lowest BCUT2D eigenvalue weighted by molar-refractivity contribution is -0.153. The van der Waals surface area contributed by atoms with Gasteiger partial charge in [0, 0.05) is 13.1 Å². The summed E-state index contributed by atoms with van der Waals surface area (Å²) < 4.78 is 10.2. The van der Waals surface area contributed by atoms with Crippen LogP contribution in [0.5, 0.6) is 0 Å². The molecule has 1 heterocycles. The molecule has 1 amide bonds. The van der Waals surface area contributed by atoms with Crippen LogP contribution < -0.4 is 0 Å². The molecule has 0 saturated carbocycles. The summed E-state index contributed by atoms with van der Waals surface area (Å²) in [4.78, 5) is 25.3. The van der Waals surface area contributed by atoms with Crippen LogP contribution >= 0.6 is 0 Å². The molecule has 1 aliphatic heterocycles. The minimum atomic E-state index is -1.01. The van der Waals surface area contributed by atoms with Gasteiger partial charge < -0.3 is 19.5 Å². The van der Waals surface area contributed by atoms with Gasteiger partial charge in [-0.2, -0.15) is 0 Å². The maximum atomic E-state index is 12.2. The van der Waals surface area contributed by atoms with E-state index in [1.807, 2.05) is 30.3 Å². The van der Waals surface area contributed by atoms with Crippen LogP contribution in [0.1, 0.15) is 51.0 Å². The summed E-state index contributed by atoms with van der Waals surface area (Å²) in [5.41, 5.74) is 0.991. The minimum absolute atomic E-state index is 0.241. The van der Waals surface area contributed by atoms with E-state index in [2.05, 4.69) is 0 Å². The Morgan fingerprint density at radius 3 is 2.52 bits per heavy atom. The van der Waals surface area contributed by atoms with Gasteiger partial charge in [0.05, 0.1) is 6.61 Å². The van der Waals surface area contributed by atoms with Crippen LogP contribution in [0.25, 0.3) is 0 Å². The van der Waals surface area contributed by atoms with Crippen molar-refractivity contribution in [3.8, 4) is 0 Å². The van der Waals surface area contributed by atoms with Crippen LogP contribution in [0.4, 0.5) is 4.79 Å². The van der Waals surface area contributed by atoms with Gasteiger partial charge in [0.15, 0.2) is 6.10 Å². The second kappa shape index (κ2) is 11.6. The zero-order valence-electron chi connectivity index (χ0n) is 16.1. The van der Waals surface area contributed by atoms with Crippen molar-refractivity contribution in [3.05, 3.63) is 35.9 Å². The first-order valence-corrected chi connectivity index (χ1v) is 9.90. The number of amides is 1. The van der Waals surface area contributed by atoms with Crippen molar-refractivity contribution in [2.45, 2.75) is 58.2 Å². The van der Waals surface area contributed by atoms with Gasteiger partial charge in [0.1, 0.15) is 6.61 Å². The topological polar surface area (TPSA) is 76.1 Å². The molecular formula is C21H31NO5. The van der Waals surface area contributed by atoms with E-state index in [4.69, 9.17) is 9.47 Å². The second-order valence-electron chi connectivity index (χ2n) is 7.02. The van der Waals surface area contributed by atoms with Crippen molar-refractivity contribution in [1.29, 1.82) is 0 Å². The molecule has 27 heavy (non-hydrogen) atoms. The summed E-state index contributed by atoms with van der Waals surface area (Å²) in [6.07, 6.45) is 3.98. The van der Waals surface area contributed by atoms with Crippen molar-refractivity contribution >= 4 is 12.1 Å². The average molecular weight is 377 g/mol. The lowest BCUT2D eigenvalue weighted by atomic mass is 9.91. The standard InChI is InChI=1S/C21H31NO5/c1-2-26-20(24)19(23)11-7-6-8-17-12-14-22(15-13-17)21(25)27-16-18-9-4-3-5-10-18/h3-5,9-10,17,19,23H,2,6-8,11-16H2,1H3. The van der Waals surface area contributed by atoms with Crippen LogP contribution in [0, 0.1) is 5.92 Å². The van der Waals surface area contributed by atoms with Crippen LogP contribution in [0.3, 0.4) is 0 Å². The number of piperidine rings is 1. The number of rotatable bonds is 9. The fraction of sp³-hybridized carbons (Fsp3) is 0.619. The van der Waals surface area contributed by atoms with E-state index >= 15 is 0 Å². The van der Waals surface area contributed by atoms with Gasteiger partial charge in [0.25, 0.3) is 0 Å². The van der Waals surface area contributed by atoms with Crippen molar-refractivity contribution in [2.75, 3.05) is 19.7 Å². The highest BCUT2D eigenvalue weighted by Crippen LogP contribution is 2.23. The molecule has 150 valence electrons. The first-order valence-electron chi connectivity index (χ1n) is 9.90. The number of likely N-dealkylation sites (tertiary alicyclic amines) is 1. The number of nitrogens with zero attached hydrogens (tertiary/aromatic N) is 1.